The maximum atomic E-state index is 13.1. The first-order valence-corrected chi connectivity index (χ1v) is 9.63. The van der Waals surface area contributed by atoms with Crippen LogP contribution in [0.4, 0.5) is 24.8 Å². The maximum absolute atomic E-state index is 13.1. The highest BCUT2D eigenvalue weighted by atomic mass is 19.4. The second-order valence-corrected chi connectivity index (χ2v) is 7.03. The minimum Gasteiger partial charge on any atom is -0.478 e. The van der Waals surface area contributed by atoms with E-state index in [1.807, 2.05) is 0 Å². The van der Waals surface area contributed by atoms with Crippen molar-refractivity contribution in [3.8, 4) is 28.4 Å². The number of rotatable bonds is 5. The average Bonchev–Trinajstić information content (AvgIpc) is 3.48. The number of nitrogens with one attached hydrogen (secondary N) is 1. The molecule has 1 aliphatic heterocycles. The van der Waals surface area contributed by atoms with E-state index < -0.39 is 17.8 Å². The lowest BCUT2D eigenvalue weighted by molar-refractivity contribution is -0.141. The number of halogens is 3. The average molecular weight is 470 g/mol. The molecule has 5 rings (SSSR count). The van der Waals surface area contributed by atoms with Gasteiger partial charge in [0.05, 0.1) is 5.56 Å². The second-order valence-electron chi connectivity index (χ2n) is 7.03. The fraction of sp³-hybridized carbons (Fsp3) is 0.0952. The first-order valence-electron chi connectivity index (χ1n) is 9.63. The zero-order chi connectivity index (χ0) is 23.9. The van der Waals surface area contributed by atoms with E-state index >= 15 is 0 Å². The number of hydrogen-bond donors (Lipinski definition) is 2. The van der Waals surface area contributed by atoms with Crippen LogP contribution in [0.15, 0.2) is 55.1 Å². The summed E-state index contributed by atoms with van der Waals surface area (Å²) >= 11 is 0. The number of aromatic nitrogens is 5. The number of carboxylic acid groups (broad SMARTS) is 1. The molecule has 172 valence electrons. The van der Waals surface area contributed by atoms with Crippen molar-refractivity contribution in [1.82, 2.24) is 24.7 Å². The molecule has 0 amide bonds. The predicted molar refractivity (Wildman–Crippen MR) is 110 cm³/mol. The van der Waals surface area contributed by atoms with E-state index in [4.69, 9.17) is 9.47 Å². The fourth-order valence-corrected chi connectivity index (χ4v) is 3.21. The molecule has 0 fully saturated rings. The van der Waals surface area contributed by atoms with Gasteiger partial charge in [-0.15, -0.1) is 0 Å². The van der Waals surface area contributed by atoms with E-state index in [0.717, 1.165) is 23.1 Å². The molecule has 0 radical (unpaired) electrons. The number of nitrogens with zero attached hydrogens (tertiary/aromatic N) is 5. The topological polar surface area (TPSA) is 124 Å². The Morgan fingerprint density at radius 2 is 1.91 bits per heavy atom. The van der Waals surface area contributed by atoms with Crippen molar-refractivity contribution in [3.05, 3.63) is 66.4 Å². The van der Waals surface area contributed by atoms with Crippen molar-refractivity contribution >= 4 is 17.6 Å². The van der Waals surface area contributed by atoms with E-state index in [2.05, 4.69) is 25.4 Å². The maximum Gasteiger partial charge on any atom is 0.435 e. The zero-order valence-electron chi connectivity index (χ0n) is 16.9. The van der Waals surface area contributed by atoms with Crippen molar-refractivity contribution in [2.24, 2.45) is 0 Å². The number of hydrogen-bond acceptors (Lipinski definition) is 8. The van der Waals surface area contributed by atoms with Crippen LogP contribution in [-0.2, 0) is 6.18 Å². The molecule has 0 saturated carbocycles. The standard InChI is InChI=1S/C21H13F3N6O4/c22-21(23,24)17-3-4-30(29-17)18-14(11-5-12(19(31)32)8-25-7-11)9-26-20(28-18)27-13-1-2-15-16(6-13)34-10-33-15/h1-9H,10H2,(H,31,32)(H,26,27,28). The number of pyridine rings is 1. The van der Waals surface area contributed by atoms with Crippen molar-refractivity contribution in [2.75, 3.05) is 12.1 Å². The van der Waals surface area contributed by atoms with E-state index in [-0.39, 0.29) is 35.2 Å². The van der Waals surface area contributed by atoms with Gasteiger partial charge in [-0.05, 0) is 24.3 Å². The van der Waals surface area contributed by atoms with Gasteiger partial charge in [0.15, 0.2) is 23.0 Å². The van der Waals surface area contributed by atoms with E-state index in [0.29, 0.717) is 17.2 Å². The normalized spacial score (nSPS) is 12.6. The van der Waals surface area contributed by atoms with Crippen LogP contribution < -0.4 is 14.8 Å². The molecule has 0 spiro atoms. The first-order chi connectivity index (χ1) is 16.3. The van der Waals surface area contributed by atoms with Crippen LogP contribution in [0.5, 0.6) is 11.5 Å². The van der Waals surface area contributed by atoms with Crippen LogP contribution >= 0.6 is 0 Å². The highest BCUT2D eigenvalue weighted by molar-refractivity contribution is 5.89. The van der Waals surface area contributed by atoms with Crippen LogP contribution in [0.1, 0.15) is 16.1 Å². The highest BCUT2D eigenvalue weighted by Crippen LogP contribution is 2.35. The Bertz CT molecular complexity index is 1410. The Kier molecular flexibility index (Phi) is 5.00. The number of carbonyl (C=O) groups is 1. The molecule has 0 aliphatic carbocycles. The third-order valence-corrected chi connectivity index (χ3v) is 4.79. The Morgan fingerprint density at radius 1 is 1.09 bits per heavy atom. The van der Waals surface area contributed by atoms with Crippen LogP contribution in [-0.4, -0.2) is 42.6 Å². The second kappa shape index (κ2) is 8.03. The molecule has 13 heteroatoms. The summed E-state index contributed by atoms with van der Waals surface area (Å²) in [7, 11) is 0. The lowest BCUT2D eigenvalue weighted by Gasteiger charge is -2.12. The molecule has 10 nitrogen and oxygen atoms in total. The monoisotopic (exact) mass is 470 g/mol. The van der Waals surface area contributed by atoms with Gasteiger partial charge in [0, 0.05) is 47.7 Å². The number of benzene rings is 1. The number of alkyl halides is 3. The number of ether oxygens (including phenoxy) is 2. The molecule has 4 heterocycles. The lowest BCUT2D eigenvalue weighted by Crippen LogP contribution is -2.10. The molecule has 3 aromatic heterocycles. The summed E-state index contributed by atoms with van der Waals surface area (Å²) in [4.78, 5) is 23.8. The molecule has 0 unspecified atom stereocenters. The summed E-state index contributed by atoms with van der Waals surface area (Å²) < 4.78 is 51.0. The van der Waals surface area contributed by atoms with Gasteiger partial charge >= 0.3 is 12.1 Å². The molecular formula is C21H13F3N6O4. The Balaban J connectivity index is 1.58. The van der Waals surface area contributed by atoms with Gasteiger partial charge in [-0.1, -0.05) is 0 Å². The Labute approximate surface area is 188 Å². The lowest BCUT2D eigenvalue weighted by atomic mass is 10.1. The van der Waals surface area contributed by atoms with Crippen molar-refractivity contribution < 1.29 is 32.5 Å². The van der Waals surface area contributed by atoms with Crippen molar-refractivity contribution in [1.29, 1.82) is 0 Å². The Morgan fingerprint density at radius 3 is 2.68 bits per heavy atom. The van der Waals surface area contributed by atoms with Crippen molar-refractivity contribution in [3.63, 3.8) is 0 Å². The summed E-state index contributed by atoms with van der Waals surface area (Å²) in [5, 5.41) is 15.8. The smallest absolute Gasteiger partial charge is 0.435 e. The molecule has 34 heavy (non-hydrogen) atoms. The zero-order valence-corrected chi connectivity index (χ0v) is 16.9. The van der Waals surface area contributed by atoms with E-state index in [1.165, 1.54) is 18.5 Å². The predicted octanol–water partition coefficient (Wildman–Crippen LogP) is 3.91. The number of anilines is 2. The van der Waals surface area contributed by atoms with Crippen LogP contribution in [0.2, 0.25) is 0 Å². The SMILES string of the molecule is O=C(O)c1cncc(-c2cnc(Nc3ccc4c(c3)OCO4)nc2-n2ccc(C(F)(F)F)n2)c1. The molecule has 0 bridgehead atoms. The minimum atomic E-state index is -4.66. The summed E-state index contributed by atoms with van der Waals surface area (Å²) in [5.74, 6) is -0.0803. The molecule has 0 saturated heterocycles. The minimum absolute atomic E-state index is 0.0157. The van der Waals surface area contributed by atoms with Crippen molar-refractivity contribution in [2.45, 2.75) is 6.18 Å². The van der Waals surface area contributed by atoms with E-state index in [9.17, 15) is 23.1 Å². The molecule has 0 atom stereocenters. The third kappa shape index (κ3) is 4.05. The Hall–Kier alpha value is -4.68. The van der Waals surface area contributed by atoms with Gasteiger partial charge in [0.2, 0.25) is 12.7 Å². The summed E-state index contributed by atoms with van der Waals surface area (Å²) in [6, 6.07) is 7.17. The molecular weight excluding hydrogens is 457 g/mol. The van der Waals surface area contributed by atoms with Crippen LogP contribution in [0, 0.1) is 0 Å². The third-order valence-electron chi connectivity index (χ3n) is 4.79. The molecule has 2 N–H and O–H groups in total. The summed E-state index contributed by atoms with van der Waals surface area (Å²) in [6.45, 7) is 0.0956. The summed E-state index contributed by atoms with van der Waals surface area (Å²) in [5.41, 5.74) is -0.159. The van der Waals surface area contributed by atoms with Gasteiger partial charge in [-0.3, -0.25) is 4.98 Å². The number of aromatic carboxylic acids is 1. The van der Waals surface area contributed by atoms with Gasteiger partial charge in [-0.25, -0.2) is 14.5 Å². The highest BCUT2D eigenvalue weighted by Gasteiger charge is 2.34. The fourth-order valence-electron chi connectivity index (χ4n) is 3.21. The van der Waals surface area contributed by atoms with Crippen LogP contribution in [0.25, 0.3) is 16.9 Å². The first kappa shape index (κ1) is 21.2. The molecule has 1 aromatic carbocycles. The van der Waals surface area contributed by atoms with Gasteiger partial charge < -0.3 is 19.9 Å². The van der Waals surface area contributed by atoms with Gasteiger partial charge in [0.25, 0.3) is 0 Å². The largest absolute Gasteiger partial charge is 0.478 e. The van der Waals surface area contributed by atoms with E-state index in [1.54, 1.807) is 18.2 Å². The number of fused-ring (bicyclic) bond motifs is 1. The quantitative estimate of drug-likeness (QED) is 0.447. The molecule has 4 aromatic rings. The van der Waals surface area contributed by atoms with Gasteiger partial charge in [-0.2, -0.15) is 23.3 Å². The summed E-state index contributed by atoms with van der Waals surface area (Å²) in [6.07, 6.45) is 0.296. The molecule has 1 aliphatic rings. The number of carboxylic acids is 1. The van der Waals surface area contributed by atoms with Gasteiger partial charge in [0.1, 0.15) is 0 Å². The van der Waals surface area contributed by atoms with Crippen LogP contribution in [0.3, 0.4) is 0 Å².